The normalized spacial score (nSPS) is 13.4. The van der Waals surface area contributed by atoms with Crippen molar-refractivity contribution in [2.45, 2.75) is 30.9 Å². The minimum Gasteiger partial charge on any atom is -0.379 e. The Balaban J connectivity index is 2.16. The average molecular weight is 384 g/mol. The van der Waals surface area contributed by atoms with E-state index in [1.54, 1.807) is 0 Å². The summed E-state index contributed by atoms with van der Waals surface area (Å²) in [5, 5.41) is 11.6. The van der Waals surface area contributed by atoms with Crippen LogP contribution in [0.25, 0.3) is 0 Å². The topological polar surface area (TPSA) is 23.5 Å². The van der Waals surface area contributed by atoms with Crippen molar-refractivity contribution in [3.05, 3.63) is 108 Å². The van der Waals surface area contributed by atoms with E-state index < -0.39 is 11.5 Å². The van der Waals surface area contributed by atoms with Crippen LogP contribution >= 0.6 is 0 Å². The Kier molecular flexibility index (Phi) is 6.88. The SMILES string of the molecule is C[C@@H](CC(c1ccccc1)(c1ccccc1)C(O)C#Cc1ccccc1)N(C)C. The molecule has 148 valence electrons. The van der Waals surface area contributed by atoms with Crippen molar-refractivity contribution >= 4 is 0 Å². The second kappa shape index (κ2) is 9.56. The number of aliphatic hydroxyl groups is 1. The third kappa shape index (κ3) is 4.77. The lowest BCUT2D eigenvalue weighted by Gasteiger charge is -2.40. The molecule has 0 aromatic heterocycles. The van der Waals surface area contributed by atoms with Gasteiger partial charge in [0.1, 0.15) is 6.10 Å². The van der Waals surface area contributed by atoms with Crippen molar-refractivity contribution in [2.75, 3.05) is 14.1 Å². The van der Waals surface area contributed by atoms with Crippen LogP contribution in [-0.2, 0) is 5.41 Å². The summed E-state index contributed by atoms with van der Waals surface area (Å²) in [5.74, 6) is 6.35. The highest BCUT2D eigenvalue weighted by Gasteiger charge is 2.42. The van der Waals surface area contributed by atoms with Gasteiger partial charge < -0.3 is 10.0 Å². The van der Waals surface area contributed by atoms with Gasteiger partial charge in [-0.2, -0.15) is 0 Å². The predicted octanol–water partition coefficient (Wildman–Crippen LogP) is 4.73. The van der Waals surface area contributed by atoms with Gasteiger partial charge in [0.05, 0.1) is 5.41 Å². The van der Waals surface area contributed by atoms with Crippen molar-refractivity contribution in [3.8, 4) is 11.8 Å². The Morgan fingerprint density at radius 2 is 1.24 bits per heavy atom. The van der Waals surface area contributed by atoms with Crippen LogP contribution < -0.4 is 0 Å². The Bertz CT molecular complexity index is 900. The summed E-state index contributed by atoms with van der Waals surface area (Å²) < 4.78 is 0. The van der Waals surface area contributed by atoms with Gasteiger partial charge in [0, 0.05) is 11.6 Å². The number of hydrogen-bond donors (Lipinski definition) is 1. The van der Waals surface area contributed by atoms with Gasteiger partial charge in [-0.05, 0) is 50.7 Å². The number of hydrogen-bond acceptors (Lipinski definition) is 2. The number of rotatable bonds is 6. The van der Waals surface area contributed by atoms with Crippen LogP contribution in [0.4, 0.5) is 0 Å². The molecule has 0 fully saturated rings. The van der Waals surface area contributed by atoms with Gasteiger partial charge in [-0.15, -0.1) is 0 Å². The van der Waals surface area contributed by atoms with Crippen molar-refractivity contribution in [2.24, 2.45) is 0 Å². The van der Waals surface area contributed by atoms with Gasteiger partial charge in [0.25, 0.3) is 0 Å². The van der Waals surface area contributed by atoms with Crippen molar-refractivity contribution in [1.82, 2.24) is 4.90 Å². The molecule has 29 heavy (non-hydrogen) atoms. The molecule has 0 radical (unpaired) electrons. The van der Waals surface area contributed by atoms with Crippen LogP contribution in [0.2, 0.25) is 0 Å². The van der Waals surface area contributed by atoms with Gasteiger partial charge in [-0.25, -0.2) is 0 Å². The Hall–Kier alpha value is -2.86. The standard InChI is InChI=1S/C27H29NO/c1-22(28(2)3)21-27(24-15-9-5-10-16-24,25-17-11-6-12-18-25)26(29)20-19-23-13-7-4-8-14-23/h4-18,22,26,29H,21H2,1-3H3/t22-,26?/m0/s1. The summed E-state index contributed by atoms with van der Waals surface area (Å²) in [6, 6.07) is 30.6. The largest absolute Gasteiger partial charge is 0.379 e. The van der Waals surface area contributed by atoms with E-state index in [1.807, 2.05) is 66.7 Å². The van der Waals surface area contributed by atoms with Gasteiger partial charge >= 0.3 is 0 Å². The second-order valence-electron chi connectivity index (χ2n) is 7.76. The van der Waals surface area contributed by atoms with Crippen LogP contribution in [-0.4, -0.2) is 36.2 Å². The van der Waals surface area contributed by atoms with Gasteiger partial charge in [0.2, 0.25) is 0 Å². The average Bonchev–Trinajstić information content (AvgIpc) is 2.77. The fourth-order valence-corrected chi connectivity index (χ4v) is 3.75. The molecule has 3 aromatic rings. The Morgan fingerprint density at radius 1 is 0.793 bits per heavy atom. The zero-order chi connectivity index (χ0) is 20.7. The molecular formula is C27H29NO. The van der Waals surface area contributed by atoms with E-state index in [1.165, 1.54) is 0 Å². The first-order chi connectivity index (χ1) is 14.0. The highest BCUT2D eigenvalue weighted by atomic mass is 16.3. The maximum atomic E-state index is 11.6. The summed E-state index contributed by atoms with van der Waals surface area (Å²) in [4.78, 5) is 2.19. The summed E-state index contributed by atoms with van der Waals surface area (Å²) >= 11 is 0. The molecule has 2 heteroatoms. The highest BCUT2D eigenvalue weighted by molar-refractivity contribution is 5.45. The molecule has 0 saturated carbocycles. The Morgan fingerprint density at radius 3 is 1.69 bits per heavy atom. The summed E-state index contributed by atoms with van der Waals surface area (Å²) in [6.07, 6.45) is -0.103. The molecule has 0 heterocycles. The molecule has 3 aromatic carbocycles. The first kappa shape index (κ1) is 20.9. The third-order valence-corrected chi connectivity index (χ3v) is 5.67. The quantitative estimate of drug-likeness (QED) is 0.622. The number of benzene rings is 3. The van der Waals surface area contributed by atoms with Crippen molar-refractivity contribution in [3.63, 3.8) is 0 Å². The zero-order valence-electron chi connectivity index (χ0n) is 17.4. The van der Waals surface area contributed by atoms with Crippen molar-refractivity contribution in [1.29, 1.82) is 0 Å². The molecule has 2 atom stereocenters. The summed E-state index contributed by atoms with van der Waals surface area (Å²) in [7, 11) is 4.15. The molecule has 3 rings (SSSR count). The molecule has 2 nitrogen and oxygen atoms in total. The number of nitrogens with zero attached hydrogens (tertiary/aromatic N) is 1. The van der Waals surface area contributed by atoms with Crippen LogP contribution in [0.5, 0.6) is 0 Å². The third-order valence-electron chi connectivity index (χ3n) is 5.67. The lowest BCUT2D eigenvalue weighted by atomic mass is 9.66. The molecule has 0 bridgehead atoms. The lowest BCUT2D eigenvalue weighted by Crippen LogP contribution is -2.45. The maximum Gasteiger partial charge on any atom is 0.128 e. The predicted molar refractivity (Wildman–Crippen MR) is 121 cm³/mol. The molecular weight excluding hydrogens is 354 g/mol. The highest BCUT2D eigenvalue weighted by Crippen LogP contribution is 2.40. The zero-order valence-corrected chi connectivity index (χ0v) is 17.4. The fourth-order valence-electron chi connectivity index (χ4n) is 3.75. The maximum absolute atomic E-state index is 11.6. The summed E-state index contributed by atoms with van der Waals surface area (Å²) in [5.41, 5.74) is 2.43. The lowest BCUT2D eigenvalue weighted by molar-refractivity contribution is 0.125. The molecule has 1 unspecified atom stereocenters. The first-order valence-corrected chi connectivity index (χ1v) is 10.1. The van der Waals surface area contributed by atoms with Crippen LogP contribution in [0.1, 0.15) is 30.0 Å². The van der Waals surface area contributed by atoms with Gasteiger partial charge in [0.15, 0.2) is 0 Å². The van der Waals surface area contributed by atoms with E-state index >= 15 is 0 Å². The van der Waals surface area contributed by atoms with E-state index in [0.717, 1.165) is 23.1 Å². The van der Waals surface area contributed by atoms with Crippen molar-refractivity contribution < 1.29 is 5.11 Å². The Labute approximate surface area is 174 Å². The van der Waals surface area contributed by atoms with Crippen LogP contribution in [0.15, 0.2) is 91.0 Å². The molecule has 0 saturated heterocycles. The van der Waals surface area contributed by atoms with E-state index in [-0.39, 0.29) is 6.04 Å². The molecule has 0 aliphatic rings. The molecule has 1 N–H and O–H groups in total. The van der Waals surface area contributed by atoms with E-state index in [9.17, 15) is 5.11 Å². The van der Waals surface area contributed by atoms with Crippen LogP contribution in [0, 0.1) is 11.8 Å². The van der Waals surface area contributed by atoms with Gasteiger partial charge in [-0.1, -0.05) is 90.7 Å². The van der Waals surface area contributed by atoms with E-state index in [4.69, 9.17) is 0 Å². The first-order valence-electron chi connectivity index (χ1n) is 10.1. The number of aliphatic hydroxyl groups excluding tert-OH is 1. The smallest absolute Gasteiger partial charge is 0.128 e. The monoisotopic (exact) mass is 383 g/mol. The van der Waals surface area contributed by atoms with Gasteiger partial charge in [-0.3, -0.25) is 0 Å². The van der Waals surface area contributed by atoms with E-state index in [0.29, 0.717) is 0 Å². The van der Waals surface area contributed by atoms with E-state index in [2.05, 4.69) is 62.0 Å². The molecule has 0 spiro atoms. The van der Waals surface area contributed by atoms with Crippen LogP contribution in [0.3, 0.4) is 0 Å². The molecule has 0 aliphatic heterocycles. The molecule has 0 amide bonds. The summed E-state index contributed by atoms with van der Waals surface area (Å²) in [6.45, 7) is 2.19. The minimum atomic E-state index is -0.852. The molecule has 0 aliphatic carbocycles. The minimum absolute atomic E-state index is 0.253. The fraction of sp³-hybridized carbons (Fsp3) is 0.259. The second-order valence-corrected chi connectivity index (χ2v) is 7.76.